The van der Waals surface area contributed by atoms with Crippen LogP contribution in [0, 0.1) is 6.92 Å². The Morgan fingerprint density at radius 2 is 2.28 bits per heavy atom. The molecule has 0 fully saturated rings. The molecule has 2 aromatic rings. The van der Waals surface area contributed by atoms with E-state index in [1.807, 2.05) is 24.4 Å². The third-order valence-electron chi connectivity index (χ3n) is 3.11. The molecule has 1 atom stereocenters. The first kappa shape index (κ1) is 11.9. The van der Waals surface area contributed by atoms with Gasteiger partial charge in [0.25, 0.3) is 0 Å². The minimum atomic E-state index is 0.0493. The Balaban J connectivity index is 1.78. The Morgan fingerprint density at radius 3 is 3.06 bits per heavy atom. The lowest BCUT2D eigenvalue weighted by Gasteiger charge is -2.08. The maximum atomic E-state index is 12.3. The molecule has 4 heteroatoms. The van der Waals surface area contributed by atoms with E-state index >= 15 is 0 Å². The van der Waals surface area contributed by atoms with Crippen LogP contribution in [-0.4, -0.2) is 16.5 Å². The number of thiazole rings is 1. The van der Waals surface area contributed by atoms with Gasteiger partial charge < -0.3 is 0 Å². The van der Waals surface area contributed by atoms with Gasteiger partial charge in [-0.05, 0) is 18.6 Å². The Kier molecular flexibility index (Phi) is 3.22. The molecule has 0 radical (unpaired) electrons. The number of hydrogen-bond donors (Lipinski definition) is 0. The predicted octanol–water partition coefficient (Wildman–Crippen LogP) is 3.45. The second kappa shape index (κ2) is 4.86. The quantitative estimate of drug-likeness (QED) is 0.859. The summed E-state index contributed by atoms with van der Waals surface area (Å²) in [5.41, 5.74) is 2.11. The van der Waals surface area contributed by atoms with E-state index in [-0.39, 0.29) is 11.7 Å². The van der Waals surface area contributed by atoms with Gasteiger partial charge in [-0.1, -0.05) is 18.2 Å². The van der Waals surface area contributed by atoms with Crippen molar-refractivity contribution in [2.75, 3.05) is 5.75 Å². The normalized spacial score (nSPS) is 17.7. The van der Waals surface area contributed by atoms with E-state index in [1.165, 1.54) is 10.5 Å². The van der Waals surface area contributed by atoms with Gasteiger partial charge in [0.15, 0.2) is 0 Å². The number of hydrogen-bond acceptors (Lipinski definition) is 4. The minimum absolute atomic E-state index is 0.0493. The van der Waals surface area contributed by atoms with Gasteiger partial charge in [-0.25, -0.2) is 4.98 Å². The fourth-order valence-electron chi connectivity index (χ4n) is 2.22. The van der Waals surface area contributed by atoms with Gasteiger partial charge in [0.1, 0.15) is 5.78 Å². The molecule has 0 bridgehead atoms. The van der Waals surface area contributed by atoms with Gasteiger partial charge in [0.2, 0.25) is 0 Å². The van der Waals surface area contributed by atoms with Crippen LogP contribution < -0.4 is 0 Å². The molecule has 1 aromatic heterocycles. The average Bonchev–Trinajstić information content (AvgIpc) is 2.95. The number of aryl methyl sites for hydroxylation is 1. The second-order valence-electron chi connectivity index (χ2n) is 4.40. The van der Waals surface area contributed by atoms with Crippen LogP contribution in [-0.2, 0) is 11.2 Å². The zero-order chi connectivity index (χ0) is 12.5. The van der Waals surface area contributed by atoms with Gasteiger partial charge in [-0.15, -0.1) is 23.1 Å². The van der Waals surface area contributed by atoms with Crippen molar-refractivity contribution in [1.82, 2.24) is 4.98 Å². The third kappa shape index (κ3) is 2.22. The van der Waals surface area contributed by atoms with Crippen LogP contribution in [0.5, 0.6) is 0 Å². The number of thioether (sulfide) groups is 1. The highest BCUT2D eigenvalue weighted by Gasteiger charge is 2.28. The van der Waals surface area contributed by atoms with Crippen LogP contribution in [0.4, 0.5) is 0 Å². The monoisotopic (exact) mass is 275 g/mol. The van der Waals surface area contributed by atoms with Crippen molar-refractivity contribution in [2.24, 2.45) is 0 Å². The molecule has 18 heavy (non-hydrogen) atoms. The van der Waals surface area contributed by atoms with Gasteiger partial charge in [-0.2, -0.15) is 0 Å². The fraction of sp³-hybridized carbons (Fsp3) is 0.286. The average molecular weight is 275 g/mol. The first-order chi connectivity index (χ1) is 8.74. The molecule has 3 rings (SSSR count). The van der Waals surface area contributed by atoms with Gasteiger partial charge in [0, 0.05) is 16.0 Å². The largest absolute Gasteiger partial charge is 0.299 e. The van der Waals surface area contributed by atoms with Gasteiger partial charge in [0.05, 0.1) is 23.0 Å². The molecule has 1 unspecified atom stereocenters. The summed E-state index contributed by atoms with van der Waals surface area (Å²) in [6.45, 7) is 1.97. The first-order valence-corrected chi connectivity index (χ1v) is 7.76. The summed E-state index contributed by atoms with van der Waals surface area (Å²) in [5.74, 6) is 1.22. The van der Waals surface area contributed by atoms with E-state index < -0.39 is 0 Å². The molecule has 0 saturated carbocycles. The van der Waals surface area contributed by atoms with E-state index in [4.69, 9.17) is 0 Å². The van der Waals surface area contributed by atoms with Crippen LogP contribution in [0.3, 0.4) is 0 Å². The van der Waals surface area contributed by atoms with Crippen LogP contribution in [0.15, 0.2) is 34.5 Å². The lowest BCUT2D eigenvalue weighted by Crippen LogP contribution is -2.14. The van der Waals surface area contributed by atoms with Crippen molar-refractivity contribution >= 4 is 28.9 Å². The molecule has 2 heterocycles. The summed E-state index contributed by atoms with van der Waals surface area (Å²) < 4.78 is 0. The molecule has 0 spiro atoms. The third-order valence-corrected chi connectivity index (χ3v) is 5.12. The van der Waals surface area contributed by atoms with Crippen molar-refractivity contribution in [3.05, 3.63) is 45.9 Å². The molecule has 1 aliphatic rings. The number of rotatable bonds is 3. The standard InChI is InChI=1S/C14H13NOS2/c1-9-15-10(7-17-9)6-13(16)12-8-18-14-5-3-2-4-11(12)14/h2-5,7,12H,6,8H2,1H3. The van der Waals surface area contributed by atoms with Crippen LogP contribution in [0.2, 0.25) is 0 Å². The molecule has 0 aliphatic carbocycles. The lowest BCUT2D eigenvalue weighted by molar-refractivity contribution is -0.119. The molecular weight excluding hydrogens is 262 g/mol. The summed E-state index contributed by atoms with van der Waals surface area (Å²) >= 11 is 3.39. The van der Waals surface area contributed by atoms with Crippen LogP contribution in [0.1, 0.15) is 22.2 Å². The molecule has 0 saturated heterocycles. The Bertz CT molecular complexity index is 591. The molecular formula is C14H13NOS2. The van der Waals surface area contributed by atoms with E-state index in [0.717, 1.165) is 16.5 Å². The first-order valence-electron chi connectivity index (χ1n) is 5.89. The highest BCUT2D eigenvalue weighted by molar-refractivity contribution is 7.99. The SMILES string of the molecule is Cc1nc(CC(=O)C2CSc3ccccc32)cs1. The topological polar surface area (TPSA) is 30.0 Å². The summed E-state index contributed by atoms with van der Waals surface area (Å²) in [5, 5.41) is 3.01. The molecule has 92 valence electrons. The van der Waals surface area contributed by atoms with Crippen molar-refractivity contribution in [1.29, 1.82) is 0 Å². The summed E-state index contributed by atoms with van der Waals surface area (Å²) in [7, 11) is 0. The molecule has 0 amide bonds. The summed E-state index contributed by atoms with van der Waals surface area (Å²) in [6.07, 6.45) is 0.462. The summed E-state index contributed by atoms with van der Waals surface area (Å²) in [6, 6.07) is 8.21. The van der Waals surface area contributed by atoms with Crippen molar-refractivity contribution < 1.29 is 4.79 Å². The van der Waals surface area contributed by atoms with Gasteiger partial charge >= 0.3 is 0 Å². The maximum Gasteiger partial charge on any atom is 0.147 e. The molecule has 1 aliphatic heterocycles. The van der Waals surface area contributed by atoms with Crippen molar-refractivity contribution in [2.45, 2.75) is 24.2 Å². The number of nitrogens with zero attached hydrogens (tertiary/aromatic N) is 1. The number of fused-ring (bicyclic) bond motifs is 1. The smallest absolute Gasteiger partial charge is 0.147 e. The number of carbonyl (C=O) groups is 1. The fourth-order valence-corrected chi connectivity index (χ4v) is 4.10. The summed E-state index contributed by atoms with van der Waals surface area (Å²) in [4.78, 5) is 18.0. The minimum Gasteiger partial charge on any atom is -0.299 e. The molecule has 0 N–H and O–H groups in total. The van der Waals surface area contributed by atoms with E-state index in [2.05, 4.69) is 17.1 Å². The number of benzene rings is 1. The van der Waals surface area contributed by atoms with Crippen molar-refractivity contribution in [3.63, 3.8) is 0 Å². The maximum absolute atomic E-state index is 12.3. The van der Waals surface area contributed by atoms with Crippen molar-refractivity contribution in [3.8, 4) is 0 Å². The highest BCUT2D eigenvalue weighted by Crippen LogP contribution is 2.40. The van der Waals surface area contributed by atoms with E-state index in [0.29, 0.717) is 6.42 Å². The molecule has 2 nitrogen and oxygen atoms in total. The number of carbonyl (C=O) groups excluding carboxylic acids is 1. The number of aromatic nitrogens is 1. The Labute approximate surface area is 114 Å². The number of ketones is 1. The second-order valence-corrected chi connectivity index (χ2v) is 6.53. The zero-order valence-corrected chi connectivity index (χ0v) is 11.7. The Hall–Kier alpha value is -1.13. The van der Waals surface area contributed by atoms with E-state index in [1.54, 1.807) is 23.1 Å². The Morgan fingerprint density at radius 1 is 1.44 bits per heavy atom. The lowest BCUT2D eigenvalue weighted by atomic mass is 9.94. The number of Topliss-reactive ketones (excluding diaryl/α,β-unsaturated/α-hetero) is 1. The van der Waals surface area contributed by atoms with Crippen LogP contribution >= 0.6 is 23.1 Å². The molecule has 1 aromatic carbocycles. The zero-order valence-electron chi connectivity index (χ0n) is 10.1. The van der Waals surface area contributed by atoms with E-state index in [9.17, 15) is 4.79 Å². The highest BCUT2D eigenvalue weighted by atomic mass is 32.2. The van der Waals surface area contributed by atoms with Gasteiger partial charge in [-0.3, -0.25) is 4.79 Å². The van der Waals surface area contributed by atoms with Crippen LogP contribution in [0.25, 0.3) is 0 Å². The predicted molar refractivity (Wildman–Crippen MR) is 75.5 cm³/mol.